The van der Waals surface area contributed by atoms with Gasteiger partial charge in [-0.1, -0.05) is 72.8 Å². The van der Waals surface area contributed by atoms with Gasteiger partial charge in [0, 0.05) is 19.5 Å². The fourth-order valence-electron chi connectivity index (χ4n) is 3.58. The van der Waals surface area contributed by atoms with Crippen LogP contribution in [0.5, 0.6) is 0 Å². The maximum absolute atomic E-state index is 13.2. The lowest BCUT2D eigenvalue weighted by atomic mass is 10.1. The zero-order valence-electron chi connectivity index (χ0n) is 19.9. The van der Waals surface area contributed by atoms with Crippen LogP contribution in [0.1, 0.15) is 30.0 Å². The highest BCUT2D eigenvalue weighted by Gasteiger charge is 2.24. The van der Waals surface area contributed by atoms with Crippen LogP contribution in [-0.2, 0) is 43.9 Å². The van der Waals surface area contributed by atoms with E-state index in [0.29, 0.717) is 19.5 Å². The maximum atomic E-state index is 13.2. The first-order valence-electron chi connectivity index (χ1n) is 11.4. The Morgan fingerprint density at radius 3 is 1.83 bits per heavy atom. The molecule has 1 unspecified atom stereocenters. The van der Waals surface area contributed by atoms with E-state index in [9.17, 15) is 18.0 Å². The van der Waals surface area contributed by atoms with E-state index < -0.39 is 22.1 Å². The summed E-state index contributed by atoms with van der Waals surface area (Å²) in [7, 11) is -2.16. The van der Waals surface area contributed by atoms with Crippen LogP contribution in [0.25, 0.3) is 0 Å². The fourth-order valence-corrected chi connectivity index (χ4v) is 4.31. The highest BCUT2D eigenvalue weighted by molar-refractivity contribution is 7.89. The summed E-state index contributed by atoms with van der Waals surface area (Å²) in [5.41, 5.74) is 2.77. The number of nitrogens with zero attached hydrogens (tertiary/aromatic N) is 1. The maximum Gasteiger partial charge on any atom is 0.306 e. The van der Waals surface area contributed by atoms with Gasteiger partial charge in [0.25, 0.3) is 5.91 Å². The van der Waals surface area contributed by atoms with Crippen molar-refractivity contribution in [2.75, 3.05) is 7.05 Å². The van der Waals surface area contributed by atoms with Gasteiger partial charge in [-0.05, 0) is 49.2 Å². The number of esters is 1. The van der Waals surface area contributed by atoms with Crippen LogP contribution >= 0.6 is 0 Å². The Morgan fingerprint density at radius 2 is 1.34 bits per heavy atom. The van der Waals surface area contributed by atoms with Crippen molar-refractivity contribution in [3.05, 3.63) is 102 Å². The van der Waals surface area contributed by atoms with Gasteiger partial charge in [-0.2, -0.15) is 0 Å². The third kappa shape index (κ3) is 7.77. The SMILES string of the molecule is CNS(=O)(=O)c1ccc(CCC(=O)OC(C)C(=O)N(Cc2ccccc2)Cc2ccccc2)cc1. The monoisotopic (exact) mass is 494 g/mol. The smallest absolute Gasteiger partial charge is 0.306 e. The van der Waals surface area contributed by atoms with Crippen molar-refractivity contribution < 1.29 is 22.7 Å². The van der Waals surface area contributed by atoms with E-state index in [0.717, 1.165) is 16.7 Å². The minimum atomic E-state index is -3.51. The Labute approximate surface area is 206 Å². The third-order valence-corrected chi connectivity index (χ3v) is 6.95. The first kappa shape index (κ1) is 26.1. The molecule has 0 aliphatic rings. The topological polar surface area (TPSA) is 92.8 Å². The standard InChI is InChI=1S/C27H30N2O5S/c1-21(34-26(30)18-15-22-13-16-25(17-14-22)35(32,33)28-2)27(31)29(19-23-9-5-3-6-10-23)20-24-11-7-4-8-12-24/h3-14,16-17,21,28H,15,18-20H2,1-2H3. The van der Waals surface area contributed by atoms with Crippen LogP contribution in [0.15, 0.2) is 89.8 Å². The summed E-state index contributed by atoms with van der Waals surface area (Å²) >= 11 is 0. The lowest BCUT2D eigenvalue weighted by Gasteiger charge is -2.26. The van der Waals surface area contributed by atoms with Gasteiger partial charge in [0.05, 0.1) is 4.90 Å². The Morgan fingerprint density at radius 1 is 0.829 bits per heavy atom. The lowest BCUT2D eigenvalue weighted by molar-refractivity contribution is -0.159. The molecule has 1 amide bonds. The molecule has 8 heteroatoms. The second-order valence-electron chi connectivity index (χ2n) is 8.15. The zero-order chi connectivity index (χ0) is 25.3. The summed E-state index contributed by atoms with van der Waals surface area (Å²) in [6.07, 6.45) is -0.483. The number of nitrogens with one attached hydrogen (secondary N) is 1. The second kappa shape index (κ2) is 12.3. The molecule has 0 aliphatic heterocycles. The molecule has 7 nitrogen and oxygen atoms in total. The number of rotatable bonds is 11. The molecule has 1 N–H and O–H groups in total. The van der Waals surface area contributed by atoms with Gasteiger partial charge in [0.1, 0.15) is 0 Å². The van der Waals surface area contributed by atoms with Crippen LogP contribution in [0, 0.1) is 0 Å². The molecule has 1 atom stereocenters. The van der Waals surface area contributed by atoms with E-state index >= 15 is 0 Å². The van der Waals surface area contributed by atoms with Gasteiger partial charge in [-0.3, -0.25) is 9.59 Å². The molecule has 0 saturated carbocycles. The zero-order valence-corrected chi connectivity index (χ0v) is 20.7. The predicted octanol–water partition coefficient (Wildman–Crippen LogP) is 3.69. The Balaban J connectivity index is 1.59. The molecule has 3 rings (SSSR count). The van der Waals surface area contributed by atoms with E-state index in [2.05, 4.69) is 4.72 Å². The number of benzene rings is 3. The van der Waals surface area contributed by atoms with Crippen molar-refractivity contribution in [2.45, 2.75) is 43.9 Å². The number of hydrogen-bond donors (Lipinski definition) is 1. The van der Waals surface area contributed by atoms with Crippen LogP contribution in [0.2, 0.25) is 0 Å². The Bertz CT molecular complexity index is 1170. The van der Waals surface area contributed by atoms with Crippen molar-refractivity contribution in [3.63, 3.8) is 0 Å². The van der Waals surface area contributed by atoms with Crippen LogP contribution < -0.4 is 4.72 Å². The van der Waals surface area contributed by atoms with Crippen LogP contribution in [-0.4, -0.2) is 38.3 Å². The van der Waals surface area contributed by atoms with Gasteiger partial charge >= 0.3 is 5.97 Å². The van der Waals surface area contributed by atoms with Crippen molar-refractivity contribution in [1.82, 2.24) is 9.62 Å². The van der Waals surface area contributed by atoms with Crippen molar-refractivity contribution >= 4 is 21.9 Å². The number of sulfonamides is 1. The first-order chi connectivity index (χ1) is 16.8. The van der Waals surface area contributed by atoms with Crippen LogP contribution in [0.3, 0.4) is 0 Å². The number of carbonyl (C=O) groups is 2. The molecular formula is C27H30N2O5S. The van der Waals surface area contributed by atoms with Crippen LogP contribution in [0.4, 0.5) is 0 Å². The fraction of sp³-hybridized carbons (Fsp3) is 0.259. The van der Waals surface area contributed by atoms with Gasteiger partial charge in [0.2, 0.25) is 10.0 Å². The number of aryl methyl sites for hydroxylation is 1. The molecule has 3 aromatic carbocycles. The highest BCUT2D eigenvalue weighted by atomic mass is 32.2. The molecule has 35 heavy (non-hydrogen) atoms. The van der Waals surface area contributed by atoms with Gasteiger partial charge < -0.3 is 9.64 Å². The molecule has 0 fully saturated rings. The van der Waals surface area contributed by atoms with E-state index in [1.807, 2.05) is 60.7 Å². The molecule has 0 bridgehead atoms. The number of carbonyl (C=O) groups excluding carboxylic acids is 2. The van der Waals surface area contributed by atoms with E-state index in [4.69, 9.17) is 4.74 Å². The Hall–Kier alpha value is -3.49. The lowest BCUT2D eigenvalue weighted by Crippen LogP contribution is -2.39. The largest absolute Gasteiger partial charge is 0.453 e. The molecule has 0 saturated heterocycles. The summed E-state index contributed by atoms with van der Waals surface area (Å²) < 4.78 is 31.4. The minimum Gasteiger partial charge on any atom is -0.453 e. The van der Waals surface area contributed by atoms with Crippen molar-refractivity contribution in [2.24, 2.45) is 0 Å². The minimum absolute atomic E-state index is 0.0765. The first-order valence-corrected chi connectivity index (χ1v) is 12.9. The van der Waals surface area contributed by atoms with Crippen molar-refractivity contribution in [3.8, 4) is 0 Å². The molecule has 0 radical (unpaired) electrons. The van der Waals surface area contributed by atoms with E-state index in [1.165, 1.54) is 19.2 Å². The Kier molecular flexibility index (Phi) is 9.17. The van der Waals surface area contributed by atoms with E-state index in [-0.39, 0.29) is 17.2 Å². The van der Waals surface area contributed by atoms with Gasteiger partial charge in [0.15, 0.2) is 6.10 Å². The van der Waals surface area contributed by atoms with E-state index in [1.54, 1.807) is 24.0 Å². The highest BCUT2D eigenvalue weighted by Crippen LogP contribution is 2.15. The number of hydrogen-bond acceptors (Lipinski definition) is 5. The summed E-state index contributed by atoms with van der Waals surface area (Å²) in [5, 5.41) is 0. The quantitative estimate of drug-likeness (QED) is 0.411. The number of ether oxygens (including phenoxy) is 1. The van der Waals surface area contributed by atoms with Gasteiger partial charge in [-0.15, -0.1) is 0 Å². The van der Waals surface area contributed by atoms with Gasteiger partial charge in [-0.25, -0.2) is 13.1 Å². The molecule has 184 valence electrons. The third-order valence-electron chi connectivity index (χ3n) is 5.52. The summed E-state index contributed by atoms with van der Waals surface area (Å²) in [4.78, 5) is 27.5. The summed E-state index contributed by atoms with van der Waals surface area (Å²) in [6.45, 7) is 2.39. The molecule has 0 heterocycles. The van der Waals surface area contributed by atoms with Crippen molar-refractivity contribution in [1.29, 1.82) is 0 Å². The summed E-state index contributed by atoms with van der Waals surface area (Å²) in [6, 6.07) is 25.6. The predicted molar refractivity (Wildman–Crippen MR) is 134 cm³/mol. The molecule has 0 aliphatic carbocycles. The average molecular weight is 495 g/mol. The molecule has 3 aromatic rings. The summed E-state index contributed by atoms with van der Waals surface area (Å²) in [5.74, 6) is -0.759. The average Bonchev–Trinajstić information content (AvgIpc) is 2.88. The normalized spacial score (nSPS) is 12.1. The second-order valence-corrected chi connectivity index (χ2v) is 10.0. The number of amides is 1. The molecular weight excluding hydrogens is 464 g/mol. The molecule has 0 spiro atoms. The molecule has 0 aromatic heterocycles.